The minimum atomic E-state index is -0.950. The Bertz CT molecular complexity index is 724. The second kappa shape index (κ2) is 7.37. The van der Waals surface area contributed by atoms with Gasteiger partial charge in [-0.2, -0.15) is 0 Å². The van der Waals surface area contributed by atoms with Gasteiger partial charge in [-0.15, -0.1) is 11.3 Å². The number of carboxylic acid groups (broad SMARTS) is 1. The molecule has 0 saturated heterocycles. The lowest BCUT2D eigenvalue weighted by Crippen LogP contribution is -2.30. The standard InChI is InChI=1S/C17H20N2O3S/c1-4-14-18-11(3)16(23-14)17(22)19-13(9-15(20)21)12-8-6-5-7-10(12)2/h5-8,13H,4,9H2,1-3H3,(H,19,22)(H,20,21). The topological polar surface area (TPSA) is 79.3 Å². The highest BCUT2D eigenvalue weighted by Crippen LogP contribution is 2.24. The normalized spacial score (nSPS) is 12.0. The van der Waals surface area contributed by atoms with Crippen molar-refractivity contribution in [2.24, 2.45) is 0 Å². The molecule has 2 aromatic rings. The first-order chi connectivity index (χ1) is 10.9. The number of nitrogens with zero attached hydrogens (tertiary/aromatic N) is 1. The Morgan fingerprint density at radius 2 is 2.00 bits per heavy atom. The summed E-state index contributed by atoms with van der Waals surface area (Å²) in [4.78, 5) is 28.6. The van der Waals surface area contributed by atoms with Crippen LogP contribution in [-0.4, -0.2) is 22.0 Å². The minimum absolute atomic E-state index is 0.158. The van der Waals surface area contributed by atoms with Crippen LogP contribution in [0.4, 0.5) is 0 Å². The third kappa shape index (κ3) is 4.16. The van der Waals surface area contributed by atoms with Crippen LogP contribution in [0.2, 0.25) is 0 Å². The summed E-state index contributed by atoms with van der Waals surface area (Å²) < 4.78 is 0. The van der Waals surface area contributed by atoms with E-state index < -0.39 is 12.0 Å². The molecule has 1 aromatic heterocycles. The van der Waals surface area contributed by atoms with Crippen LogP contribution >= 0.6 is 11.3 Å². The van der Waals surface area contributed by atoms with Gasteiger partial charge in [-0.05, 0) is 31.4 Å². The third-order valence-corrected chi connectivity index (χ3v) is 4.90. The maximum absolute atomic E-state index is 12.5. The smallest absolute Gasteiger partial charge is 0.305 e. The Morgan fingerprint density at radius 1 is 1.30 bits per heavy atom. The van der Waals surface area contributed by atoms with Crippen LogP contribution in [0.1, 0.15) is 50.9 Å². The van der Waals surface area contributed by atoms with E-state index in [4.69, 9.17) is 5.11 Å². The van der Waals surface area contributed by atoms with Crippen molar-refractivity contribution < 1.29 is 14.7 Å². The van der Waals surface area contributed by atoms with Crippen molar-refractivity contribution >= 4 is 23.2 Å². The van der Waals surface area contributed by atoms with E-state index in [1.54, 1.807) is 6.92 Å². The summed E-state index contributed by atoms with van der Waals surface area (Å²) in [6.45, 7) is 5.69. The molecular weight excluding hydrogens is 312 g/mol. The van der Waals surface area contributed by atoms with E-state index in [0.29, 0.717) is 10.6 Å². The van der Waals surface area contributed by atoms with Crippen LogP contribution in [0, 0.1) is 13.8 Å². The summed E-state index contributed by atoms with van der Waals surface area (Å²) in [7, 11) is 0. The zero-order chi connectivity index (χ0) is 17.0. The van der Waals surface area contributed by atoms with Crippen molar-refractivity contribution in [3.8, 4) is 0 Å². The first-order valence-corrected chi connectivity index (χ1v) is 8.28. The van der Waals surface area contributed by atoms with Gasteiger partial charge in [0.2, 0.25) is 0 Å². The number of thiazole rings is 1. The van der Waals surface area contributed by atoms with Gasteiger partial charge in [0, 0.05) is 0 Å². The van der Waals surface area contributed by atoms with Crippen LogP contribution in [-0.2, 0) is 11.2 Å². The van der Waals surface area contributed by atoms with E-state index >= 15 is 0 Å². The molecule has 6 heteroatoms. The number of carbonyl (C=O) groups excluding carboxylic acids is 1. The van der Waals surface area contributed by atoms with Crippen LogP contribution in [0.3, 0.4) is 0 Å². The van der Waals surface area contributed by atoms with E-state index in [2.05, 4.69) is 10.3 Å². The van der Waals surface area contributed by atoms with Crippen molar-refractivity contribution in [3.05, 3.63) is 51.0 Å². The number of aryl methyl sites for hydroxylation is 3. The monoisotopic (exact) mass is 332 g/mol. The average molecular weight is 332 g/mol. The van der Waals surface area contributed by atoms with E-state index in [0.717, 1.165) is 22.6 Å². The molecule has 2 N–H and O–H groups in total. The molecule has 0 aliphatic rings. The molecule has 23 heavy (non-hydrogen) atoms. The lowest BCUT2D eigenvalue weighted by atomic mass is 9.98. The molecule has 0 radical (unpaired) electrons. The molecule has 0 aliphatic heterocycles. The highest BCUT2D eigenvalue weighted by Gasteiger charge is 2.22. The number of amides is 1. The SMILES string of the molecule is CCc1nc(C)c(C(=O)NC(CC(=O)O)c2ccccc2C)s1. The van der Waals surface area contributed by atoms with Gasteiger partial charge >= 0.3 is 5.97 Å². The number of rotatable bonds is 6. The highest BCUT2D eigenvalue weighted by molar-refractivity contribution is 7.13. The molecule has 0 saturated carbocycles. The number of aromatic nitrogens is 1. The Morgan fingerprint density at radius 3 is 2.57 bits per heavy atom. The summed E-state index contributed by atoms with van der Waals surface area (Å²) in [6.07, 6.45) is 0.615. The van der Waals surface area contributed by atoms with Crippen LogP contribution in [0.5, 0.6) is 0 Å². The van der Waals surface area contributed by atoms with Crippen molar-refractivity contribution in [3.63, 3.8) is 0 Å². The van der Waals surface area contributed by atoms with E-state index in [1.165, 1.54) is 11.3 Å². The first kappa shape index (κ1) is 17.1. The molecule has 1 amide bonds. The summed E-state index contributed by atoms with van der Waals surface area (Å²) in [5.74, 6) is -1.22. The Labute approximate surface area is 139 Å². The summed E-state index contributed by atoms with van der Waals surface area (Å²) in [5.41, 5.74) is 2.46. The summed E-state index contributed by atoms with van der Waals surface area (Å²) in [6, 6.07) is 6.92. The summed E-state index contributed by atoms with van der Waals surface area (Å²) in [5, 5.41) is 12.9. The van der Waals surface area contributed by atoms with E-state index in [-0.39, 0.29) is 12.3 Å². The van der Waals surface area contributed by atoms with Gasteiger partial charge in [0.25, 0.3) is 5.91 Å². The quantitative estimate of drug-likeness (QED) is 0.851. The number of aliphatic carboxylic acids is 1. The second-order valence-electron chi connectivity index (χ2n) is 5.36. The van der Waals surface area contributed by atoms with Gasteiger partial charge in [-0.25, -0.2) is 4.98 Å². The molecule has 2 rings (SSSR count). The van der Waals surface area contributed by atoms with E-state index in [1.807, 2.05) is 38.1 Å². The van der Waals surface area contributed by atoms with Gasteiger partial charge in [0.15, 0.2) is 0 Å². The molecule has 1 aromatic carbocycles. The van der Waals surface area contributed by atoms with Crippen molar-refractivity contribution in [1.29, 1.82) is 0 Å². The van der Waals surface area contributed by atoms with Crippen molar-refractivity contribution in [2.45, 2.75) is 39.7 Å². The zero-order valence-corrected chi connectivity index (χ0v) is 14.2. The van der Waals surface area contributed by atoms with Crippen LogP contribution in [0.15, 0.2) is 24.3 Å². The molecule has 5 nitrogen and oxygen atoms in total. The van der Waals surface area contributed by atoms with Gasteiger partial charge in [-0.1, -0.05) is 31.2 Å². The number of nitrogens with one attached hydrogen (secondary N) is 1. The van der Waals surface area contributed by atoms with Crippen molar-refractivity contribution in [2.75, 3.05) is 0 Å². The lowest BCUT2D eigenvalue weighted by Gasteiger charge is -2.19. The lowest BCUT2D eigenvalue weighted by molar-refractivity contribution is -0.137. The molecule has 1 atom stereocenters. The van der Waals surface area contributed by atoms with E-state index in [9.17, 15) is 9.59 Å². The largest absolute Gasteiger partial charge is 0.481 e. The number of carbonyl (C=O) groups is 2. The molecule has 0 spiro atoms. The maximum Gasteiger partial charge on any atom is 0.305 e. The fourth-order valence-electron chi connectivity index (χ4n) is 2.43. The second-order valence-corrected chi connectivity index (χ2v) is 6.44. The van der Waals surface area contributed by atoms with Crippen LogP contribution in [0.25, 0.3) is 0 Å². The predicted molar refractivity (Wildman–Crippen MR) is 89.9 cm³/mol. The Balaban J connectivity index is 2.27. The number of hydrogen-bond acceptors (Lipinski definition) is 4. The predicted octanol–water partition coefficient (Wildman–Crippen LogP) is 3.27. The highest BCUT2D eigenvalue weighted by atomic mass is 32.1. The molecule has 1 heterocycles. The van der Waals surface area contributed by atoms with Crippen LogP contribution < -0.4 is 5.32 Å². The molecular formula is C17H20N2O3S. The fourth-order valence-corrected chi connectivity index (χ4v) is 3.34. The number of hydrogen-bond donors (Lipinski definition) is 2. The minimum Gasteiger partial charge on any atom is -0.481 e. The molecule has 0 bridgehead atoms. The molecule has 0 aliphatic carbocycles. The van der Waals surface area contributed by atoms with Gasteiger partial charge in [0.1, 0.15) is 4.88 Å². The number of benzene rings is 1. The van der Waals surface area contributed by atoms with Gasteiger partial charge < -0.3 is 10.4 Å². The Hall–Kier alpha value is -2.21. The third-order valence-electron chi connectivity index (χ3n) is 3.60. The average Bonchev–Trinajstić information content (AvgIpc) is 2.88. The molecule has 1 unspecified atom stereocenters. The van der Waals surface area contributed by atoms with Crippen molar-refractivity contribution in [1.82, 2.24) is 10.3 Å². The fraction of sp³-hybridized carbons (Fsp3) is 0.353. The number of carboxylic acids is 1. The molecule has 122 valence electrons. The zero-order valence-electron chi connectivity index (χ0n) is 13.4. The van der Waals surface area contributed by atoms with Gasteiger partial charge in [0.05, 0.1) is 23.2 Å². The first-order valence-electron chi connectivity index (χ1n) is 7.46. The Kier molecular flexibility index (Phi) is 5.50. The molecule has 0 fully saturated rings. The maximum atomic E-state index is 12.5. The van der Waals surface area contributed by atoms with Gasteiger partial charge in [-0.3, -0.25) is 9.59 Å². The summed E-state index contributed by atoms with van der Waals surface area (Å²) >= 11 is 1.36.